The molecular weight excluding hydrogens is 188 g/mol. The number of aromatic nitrogens is 2. The molecule has 0 spiro atoms. The quantitative estimate of drug-likeness (QED) is 0.799. The molecule has 2 N–H and O–H groups in total. The lowest BCUT2D eigenvalue weighted by atomic mass is 10.2. The first-order chi connectivity index (χ1) is 7.02. The van der Waals surface area contributed by atoms with Crippen LogP contribution in [-0.2, 0) is 0 Å². The molecule has 0 saturated carbocycles. The molecule has 0 aliphatic carbocycles. The van der Waals surface area contributed by atoms with E-state index in [0.717, 1.165) is 18.7 Å². The van der Waals surface area contributed by atoms with Gasteiger partial charge in [0, 0.05) is 18.3 Å². The Labute approximate surface area is 92.1 Å². The summed E-state index contributed by atoms with van der Waals surface area (Å²) in [6.45, 7) is 5.28. The van der Waals surface area contributed by atoms with Crippen molar-refractivity contribution in [3.63, 3.8) is 0 Å². The fraction of sp³-hybridized carbons (Fsp3) is 0.727. The van der Waals surface area contributed by atoms with Gasteiger partial charge in [-0.2, -0.15) is 0 Å². The van der Waals surface area contributed by atoms with Crippen molar-refractivity contribution in [2.75, 3.05) is 20.6 Å². The molecule has 0 saturated heterocycles. The molecule has 1 heterocycles. The predicted molar refractivity (Wildman–Crippen MR) is 62.7 cm³/mol. The molecule has 0 fully saturated rings. The maximum Gasteiger partial charge on any atom is 0.0951 e. The van der Waals surface area contributed by atoms with Crippen LogP contribution >= 0.6 is 0 Å². The first kappa shape index (κ1) is 12.2. The fourth-order valence-electron chi connectivity index (χ4n) is 1.62. The highest BCUT2D eigenvalue weighted by atomic mass is 15.1. The van der Waals surface area contributed by atoms with Crippen LogP contribution in [0.1, 0.15) is 38.0 Å². The zero-order chi connectivity index (χ0) is 11.4. The molecule has 4 nitrogen and oxygen atoms in total. The number of hydrogen-bond donors (Lipinski definition) is 1. The van der Waals surface area contributed by atoms with Crippen LogP contribution in [0.25, 0.3) is 0 Å². The molecule has 0 amide bonds. The van der Waals surface area contributed by atoms with E-state index in [1.54, 1.807) is 0 Å². The van der Waals surface area contributed by atoms with Crippen LogP contribution in [-0.4, -0.2) is 35.1 Å². The van der Waals surface area contributed by atoms with Gasteiger partial charge in [-0.25, -0.2) is 4.98 Å². The van der Waals surface area contributed by atoms with Gasteiger partial charge in [0.25, 0.3) is 0 Å². The lowest BCUT2D eigenvalue weighted by Crippen LogP contribution is -2.20. The van der Waals surface area contributed by atoms with E-state index in [9.17, 15) is 0 Å². The van der Waals surface area contributed by atoms with Crippen LogP contribution in [0.3, 0.4) is 0 Å². The molecule has 1 aromatic heterocycles. The topological polar surface area (TPSA) is 47.1 Å². The minimum atomic E-state index is 0.0503. The van der Waals surface area contributed by atoms with Crippen molar-refractivity contribution in [2.24, 2.45) is 5.73 Å². The first-order valence-corrected chi connectivity index (χ1v) is 5.44. The van der Waals surface area contributed by atoms with Gasteiger partial charge in [0.2, 0.25) is 0 Å². The minimum absolute atomic E-state index is 0.0503. The molecule has 0 aliphatic rings. The number of nitrogens with two attached hydrogens (primary N) is 1. The summed E-state index contributed by atoms with van der Waals surface area (Å²) in [5, 5.41) is 0. The Balaban J connectivity index is 2.64. The highest BCUT2D eigenvalue weighted by molar-refractivity contribution is 5.04. The molecule has 1 rings (SSSR count). The third-order valence-electron chi connectivity index (χ3n) is 2.63. The standard InChI is InChI=1S/C11H22N4/c1-9(5-6-14(3)4)15-8-13-7-11(15)10(2)12/h7-10H,5-6,12H2,1-4H3/t9?,10-/m0/s1. The van der Waals surface area contributed by atoms with Crippen LogP contribution in [0.2, 0.25) is 0 Å². The highest BCUT2D eigenvalue weighted by Crippen LogP contribution is 2.17. The molecule has 0 radical (unpaired) electrons. The van der Waals surface area contributed by atoms with E-state index in [4.69, 9.17) is 5.73 Å². The van der Waals surface area contributed by atoms with Gasteiger partial charge in [-0.05, 0) is 40.9 Å². The molecule has 2 atom stereocenters. The monoisotopic (exact) mass is 210 g/mol. The minimum Gasteiger partial charge on any atom is -0.330 e. The van der Waals surface area contributed by atoms with E-state index in [0.29, 0.717) is 6.04 Å². The SMILES string of the molecule is CC(CCN(C)C)n1cncc1[C@H](C)N. The lowest BCUT2D eigenvalue weighted by molar-refractivity contribution is 0.353. The Morgan fingerprint density at radius 3 is 2.67 bits per heavy atom. The number of imidazole rings is 1. The van der Waals surface area contributed by atoms with E-state index < -0.39 is 0 Å². The van der Waals surface area contributed by atoms with Gasteiger partial charge in [-0.15, -0.1) is 0 Å². The second-order valence-corrected chi connectivity index (χ2v) is 4.46. The third kappa shape index (κ3) is 3.32. The largest absolute Gasteiger partial charge is 0.330 e. The van der Waals surface area contributed by atoms with Gasteiger partial charge in [0.15, 0.2) is 0 Å². The molecular formula is C11H22N4. The zero-order valence-corrected chi connectivity index (χ0v) is 10.1. The predicted octanol–water partition coefficient (Wildman–Crippen LogP) is 1.42. The second kappa shape index (κ2) is 5.28. The number of rotatable bonds is 5. The summed E-state index contributed by atoms with van der Waals surface area (Å²) in [6.07, 6.45) is 4.85. The molecule has 0 bridgehead atoms. The number of hydrogen-bond acceptors (Lipinski definition) is 3. The van der Waals surface area contributed by atoms with Crippen LogP contribution in [0.15, 0.2) is 12.5 Å². The van der Waals surface area contributed by atoms with Crippen molar-refractivity contribution in [1.29, 1.82) is 0 Å². The Morgan fingerprint density at radius 2 is 2.13 bits per heavy atom. The average molecular weight is 210 g/mol. The molecule has 0 aliphatic heterocycles. The summed E-state index contributed by atoms with van der Waals surface area (Å²) >= 11 is 0. The van der Waals surface area contributed by atoms with Crippen molar-refractivity contribution < 1.29 is 0 Å². The van der Waals surface area contributed by atoms with Crippen molar-refractivity contribution in [3.05, 3.63) is 18.2 Å². The van der Waals surface area contributed by atoms with Crippen molar-refractivity contribution in [2.45, 2.75) is 32.4 Å². The Bertz CT molecular complexity index is 291. The molecule has 86 valence electrons. The molecule has 1 aromatic rings. The maximum atomic E-state index is 5.88. The summed E-state index contributed by atoms with van der Waals surface area (Å²) < 4.78 is 2.17. The molecule has 1 unspecified atom stereocenters. The van der Waals surface area contributed by atoms with E-state index >= 15 is 0 Å². The Kier molecular flexibility index (Phi) is 4.29. The van der Waals surface area contributed by atoms with Gasteiger partial charge in [0.05, 0.1) is 12.0 Å². The summed E-state index contributed by atoms with van der Waals surface area (Å²) in [5.41, 5.74) is 6.99. The average Bonchev–Trinajstić information content (AvgIpc) is 2.62. The highest BCUT2D eigenvalue weighted by Gasteiger charge is 2.12. The molecule has 15 heavy (non-hydrogen) atoms. The van der Waals surface area contributed by atoms with E-state index in [1.165, 1.54) is 0 Å². The lowest BCUT2D eigenvalue weighted by Gasteiger charge is -2.20. The van der Waals surface area contributed by atoms with Crippen LogP contribution in [0.4, 0.5) is 0 Å². The summed E-state index contributed by atoms with van der Waals surface area (Å²) in [6, 6.07) is 0.505. The Hall–Kier alpha value is -0.870. The second-order valence-electron chi connectivity index (χ2n) is 4.46. The van der Waals surface area contributed by atoms with Gasteiger partial charge in [-0.3, -0.25) is 0 Å². The third-order valence-corrected chi connectivity index (χ3v) is 2.63. The van der Waals surface area contributed by atoms with Crippen LogP contribution < -0.4 is 5.73 Å². The summed E-state index contributed by atoms with van der Waals surface area (Å²) in [7, 11) is 4.18. The van der Waals surface area contributed by atoms with Gasteiger partial charge < -0.3 is 15.2 Å². The Morgan fingerprint density at radius 1 is 1.47 bits per heavy atom. The number of nitrogens with zero attached hydrogens (tertiary/aromatic N) is 3. The van der Waals surface area contributed by atoms with E-state index in [1.807, 2.05) is 19.4 Å². The van der Waals surface area contributed by atoms with Gasteiger partial charge >= 0.3 is 0 Å². The molecule has 0 aromatic carbocycles. The van der Waals surface area contributed by atoms with Gasteiger partial charge in [0.1, 0.15) is 0 Å². The smallest absolute Gasteiger partial charge is 0.0951 e. The first-order valence-electron chi connectivity index (χ1n) is 5.44. The van der Waals surface area contributed by atoms with E-state index in [-0.39, 0.29) is 6.04 Å². The van der Waals surface area contributed by atoms with E-state index in [2.05, 4.69) is 35.5 Å². The molecule has 4 heteroatoms. The van der Waals surface area contributed by atoms with Crippen molar-refractivity contribution in [1.82, 2.24) is 14.5 Å². The normalized spacial score (nSPS) is 15.6. The van der Waals surface area contributed by atoms with Crippen molar-refractivity contribution in [3.8, 4) is 0 Å². The van der Waals surface area contributed by atoms with Crippen molar-refractivity contribution >= 4 is 0 Å². The summed E-state index contributed by atoms with van der Waals surface area (Å²) in [4.78, 5) is 6.35. The van der Waals surface area contributed by atoms with Crippen LogP contribution in [0, 0.1) is 0 Å². The zero-order valence-electron chi connectivity index (χ0n) is 10.1. The fourth-order valence-corrected chi connectivity index (χ4v) is 1.62. The van der Waals surface area contributed by atoms with Crippen LogP contribution in [0.5, 0.6) is 0 Å². The van der Waals surface area contributed by atoms with Gasteiger partial charge in [-0.1, -0.05) is 0 Å². The maximum absolute atomic E-state index is 5.88. The summed E-state index contributed by atoms with van der Waals surface area (Å²) in [5.74, 6) is 0.